The number of nitrogens with zero attached hydrogens (tertiary/aromatic N) is 3. The predicted octanol–water partition coefficient (Wildman–Crippen LogP) is 4.73. The maximum Gasteiger partial charge on any atom is 0.223 e. The summed E-state index contributed by atoms with van der Waals surface area (Å²) in [4.78, 5) is 19.9. The lowest BCUT2D eigenvalue weighted by atomic mass is 9.88. The molecule has 0 N–H and O–H groups in total. The van der Waals surface area contributed by atoms with E-state index in [1.165, 1.54) is 16.7 Å². The summed E-state index contributed by atoms with van der Waals surface area (Å²) in [5.41, 5.74) is 5.64. The number of hydrogen-bond donors (Lipinski definition) is 0. The van der Waals surface area contributed by atoms with E-state index in [1.54, 1.807) is 0 Å². The van der Waals surface area contributed by atoms with Gasteiger partial charge in [0, 0.05) is 37.8 Å². The van der Waals surface area contributed by atoms with Crippen molar-refractivity contribution >= 4 is 11.6 Å². The summed E-state index contributed by atoms with van der Waals surface area (Å²) in [7, 11) is 0. The number of hydrogen-bond acceptors (Lipinski definition) is 2. The van der Waals surface area contributed by atoms with E-state index in [4.69, 9.17) is 0 Å². The minimum absolute atomic E-state index is 0.00533. The highest BCUT2D eigenvalue weighted by atomic mass is 16.2. The van der Waals surface area contributed by atoms with Gasteiger partial charge in [-0.1, -0.05) is 31.2 Å². The van der Waals surface area contributed by atoms with Crippen LogP contribution in [0.5, 0.6) is 0 Å². The molecule has 1 fully saturated rings. The smallest absolute Gasteiger partial charge is 0.223 e. The van der Waals surface area contributed by atoms with Crippen LogP contribution >= 0.6 is 0 Å². The lowest BCUT2D eigenvalue weighted by Gasteiger charge is -2.31. The zero-order chi connectivity index (χ0) is 19.7. The third kappa shape index (κ3) is 3.68. The molecule has 0 saturated carbocycles. The Morgan fingerprint density at radius 1 is 1.18 bits per heavy atom. The molecule has 1 amide bonds. The number of aromatic nitrogens is 2. The zero-order valence-electron chi connectivity index (χ0n) is 17.1. The number of aryl methyl sites for hydroxylation is 2. The molecule has 0 bridgehead atoms. The fourth-order valence-corrected chi connectivity index (χ4v) is 4.27. The van der Waals surface area contributed by atoms with E-state index >= 15 is 0 Å². The number of benzene rings is 1. The second-order valence-corrected chi connectivity index (χ2v) is 8.29. The van der Waals surface area contributed by atoms with Crippen LogP contribution in [0.15, 0.2) is 48.8 Å². The summed E-state index contributed by atoms with van der Waals surface area (Å²) >= 11 is 0. The Bertz CT molecular complexity index is 982. The van der Waals surface area contributed by atoms with Crippen molar-refractivity contribution in [3.8, 4) is 0 Å². The van der Waals surface area contributed by atoms with Crippen molar-refractivity contribution in [2.75, 3.05) is 13.1 Å². The van der Waals surface area contributed by atoms with Gasteiger partial charge >= 0.3 is 0 Å². The summed E-state index contributed by atoms with van der Waals surface area (Å²) in [6, 6.07) is 12.6. The van der Waals surface area contributed by atoms with Gasteiger partial charge in [-0.3, -0.25) is 4.79 Å². The minimum atomic E-state index is 0.00533. The highest BCUT2D eigenvalue weighted by molar-refractivity contribution is 5.78. The largest absolute Gasteiger partial charge is 0.343 e. The van der Waals surface area contributed by atoms with Gasteiger partial charge in [0.25, 0.3) is 0 Å². The minimum Gasteiger partial charge on any atom is -0.343 e. The molecular formula is C24H29N3O. The van der Waals surface area contributed by atoms with Gasteiger partial charge in [0.1, 0.15) is 5.65 Å². The van der Waals surface area contributed by atoms with Gasteiger partial charge in [-0.25, -0.2) is 4.98 Å². The molecule has 146 valence electrons. The average Bonchev–Trinajstić information content (AvgIpc) is 3.10. The zero-order valence-corrected chi connectivity index (χ0v) is 17.1. The molecule has 4 rings (SSSR count). The van der Waals surface area contributed by atoms with Crippen LogP contribution in [0.1, 0.15) is 54.5 Å². The Labute approximate surface area is 167 Å². The van der Waals surface area contributed by atoms with Gasteiger partial charge < -0.3 is 9.30 Å². The van der Waals surface area contributed by atoms with E-state index in [0.717, 1.165) is 43.2 Å². The molecule has 1 unspecified atom stereocenters. The number of fused-ring (bicyclic) bond motifs is 1. The van der Waals surface area contributed by atoms with Gasteiger partial charge in [0.2, 0.25) is 5.91 Å². The number of rotatable bonds is 4. The molecular weight excluding hydrogens is 346 g/mol. The molecule has 0 spiro atoms. The number of carbonyl (C=O) groups is 1. The molecule has 3 aromatic rings. The molecule has 4 heteroatoms. The first-order valence-electron chi connectivity index (χ1n) is 10.3. The van der Waals surface area contributed by atoms with Crippen LogP contribution in [0.4, 0.5) is 0 Å². The fraction of sp³-hybridized carbons (Fsp3) is 0.417. The average molecular weight is 376 g/mol. The molecule has 1 aromatic carbocycles. The third-order valence-corrected chi connectivity index (χ3v) is 6.13. The van der Waals surface area contributed by atoms with Gasteiger partial charge in [-0.2, -0.15) is 0 Å². The van der Waals surface area contributed by atoms with E-state index in [0.29, 0.717) is 6.42 Å². The number of pyridine rings is 1. The van der Waals surface area contributed by atoms with Crippen LogP contribution in [-0.4, -0.2) is 33.3 Å². The van der Waals surface area contributed by atoms with Gasteiger partial charge in [0.05, 0.1) is 5.69 Å². The first-order chi connectivity index (χ1) is 13.5. The van der Waals surface area contributed by atoms with E-state index in [-0.39, 0.29) is 11.8 Å². The normalized spacial score (nSPS) is 16.5. The Balaban J connectivity index is 1.70. The van der Waals surface area contributed by atoms with Crippen molar-refractivity contribution in [1.29, 1.82) is 0 Å². The number of carbonyl (C=O) groups excluding carboxylic acids is 1. The maximum atomic E-state index is 13.2. The van der Waals surface area contributed by atoms with E-state index in [2.05, 4.69) is 77.7 Å². The Morgan fingerprint density at radius 2 is 1.93 bits per heavy atom. The highest BCUT2D eigenvalue weighted by Crippen LogP contribution is 2.32. The molecule has 1 aliphatic heterocycles. The van der Waals surface area contributed by atoms with Crippen LogP contribution in [0.3, 0.4) is 0 Å². The van der Waals surface area contributed by atoms with Crippen LogP contribution in [-0.2, 0) is 4.79 Å². The van der Waals surface area contributed by atoms with Crippen molar-refractivity contribution in [2.45, 2.75) is 46.0 Å². The quantitative estimate of drug-likeness (QED) is 0.661. The van der Waals surface area contributed by atoms with Crippen molar-refractivity contribution < 1.29 is 4.79 Å². The van der Waals surface area contributed by atoms with Crippen molar-refractivity contribution in [1.82, 2.24) is 14.3 Å². The van der Waals surface area contributed by atoms with Crippen molar-refractivity contribution in [3.05, 3.63) is 71.2 Å². The van der Waals surface area contributed by atoms with Gasteiger partial charge in [-0.15, -0.1) is 0 Å². The molecule has 28 heavy (non-hydrogen) atoms. The molecule has 0 aliphatic carbocycles. The standard InChI is InChI=1S/C24H29N3O/c1-17-8-11-26(12-9-17)24(28)15-21(20-7-5-4-6-19(20)3)22-16-25-23-14-18(2)10-13-27(22)23/h4-7,10,13-14,16-17,21H,8-9,11-12,15H2,1-3H3. The summed E-state index contributed by atoms with van der Waals surface area (Å²) in [6.07, 6.45) is 6.72. The highest BCUT2D eigenvalue weighted by Gasteiger charge is 2.27. The second-order valence-electron chi connectivity index (χ2n) is 8.29. The summed E-state index contributed by atoms with van der Waals surface area (Å²) < 4.78 is 2.13. The summed E-state index contributed by atoms with van der Waals surface area (Å²) in [5.74, 6) is 0.978. The van der Waals surface area contributed by atoms with Crippen LogP contribution in [0.2, 0.25) is 0 Å². The topological polar surface area (TPSA) is 37.6 Å². The van der Waals surface area contributed by atoms with E-state index < -0.39 is 0 Å². The second kappa shape index (κ2) is 7.78. The number of piperidine rings is 1. The molecule has 2 aromatic heterocycles. The Kier molecular flexibility index (Phi) is 5.21. The maximum absolute atomic E-state index is 13.2. The van der Waals surface area contributed by atoms with Gasteiger partial charge in [0.15, 0.2) is 0 Å². The molecule has 1 atom stereocenters. The van der Waals surface area contributed by atoms with Crippen LogP contribution in [0.25, 0.3) is 5.65 Å². The number of imidazole rings is 1. The first kappa shape index (κ1) is 18.7. The predicted molar refractivity (Wildman–Crippen MR) is 113 cm³/mol. The number of amides is 1. The van der Waals surface area contributed by atoms with Crippen LogP contribution in [0, 0.1) is 19.8 Å². The fourth-order valence-electron chi connectivity index (χ4n) is 4.27. The monoisotopic (exact) mass is 375 g/mol. The Morgan fingerprint density at radius 3 is 2.68 bits per heavy atom. The third-order valence-electron chi connectivity index (χ3n) is 6.13. The first-order valence-corrected chi connectivity index (χ1v) is 10.3. The Hall–Kier alpha value is -2.62. The van der Waals surface area contributed by atoms with E-state index in [9.17, 15) is 4.79 Å². The SMILES string of the molecule is Cc1ccn2c(C(CC(=O)N3CCC(C)CC3)c3ccccc3C)cnc2c1. The summed E-state index contributed by atoms with van der Waals surface area (Å²) in [6.45, 7) is 8.24. The van der Waals surface area contributed by atoms with E-state index in [1.807, 2.05) is 6.20 Å². The van der Waals surface area contributed by atoms with Crippen molar-refractivity contribution in [2.24, 2.45) is 5.92 Å². The molecule has 3 heterocycles. The van der Waals surface area contributed by atoms with Crippen molar-refractivity contribution in [3.63, 3.8) is 0 Å². The molecule has 1 saturated heterocycles. The molecule has 4 nitrogen and oxygen atoms in total. The molecule has 0 radical (unpaired) electrons. The van der Waals surface area contributed by atoms with Crippen LogP contribution < -0.4 is 0 Å². The lowest BCUT2D eigenvalue weighted by molar-refractivity contribution is -0.132. The summed E-state index contributed by atoms with van der Waals surface area (Å²) in [5, 5.41) is 0. The lowest BCUT2D eigenvalue weighted by Crippen LogP contribution is -2.38. The molecule has 1 aliphatic rings. The number of likely N-dealkylation sites (tertiary alicyclic amines) is 1. The van der Waals surface area contributed by atoms with Gasteiger partial charge in [-0.05, 0) is 61.4 Å².